The minimum absolute atomic E-state index is 0.276. The maximum Gasteiger partial charge on any atom is 0.0888 e. The second-order valence-corrected chi connectivity index (χ2v) is 10.00. The van der Waals surface area contributed by atoms with Gasteiger partial charge in [-0.15, -0.1) is 0 Å². The van der Waals surface area contributed by atoms with Crippen molar-refractivity contribution in [3.8, 4) is 0 Å². The van der Waals surface area contributed by atoms with Crippen LogP contribution in [0.4, 0.5) is 0 Å². The molecular formula is C22H38O3. The van der Waals surface area contributed by atoms with Crippen LogP contribution in [-0.2, 0) is 14.2 Å². The zero-order valence-corrected chi connectivity index (χ0v) is 16.9. The van der Waals surface area contributed by atoms with Crippen molar-refractivity contribution >= 4 is 0 Å². The predicted octanol–water partition coefficient (Wildman–Crippen LogP) is 4.68. The van der Waals surface area contributed by atoms with Crippen LogP contribution in [0.2, 0.25) is 0 Å². The molecule has 0 N–H and O–H groups in total. The Kier molecular flexibility index (Phi) is 4.74. The summed E-state index contributed by atoms with van der Waals surface area (Å²) in [7, 11) is 5.67. The van der Waals surface area contributed by atoms with Crippen molar-refractivity contribution in [2.24, 2.45) is 34.5 Å². The Hall–Kier alpha value is -0.120. The molecule has 3 unspecified atom stereocenters. The molecule has 0 saturated heterocycles. The van der Waals surface area contributed by atoms with Gasteiger partial charge in [-0.1, -0.05) is 13.8 Å². The highest BCUT2D eigenvalue weighted by Crippen LogP contribution is 2.66. The lowest BCUT2D eigenvalue weighted by atomic mass is 9.45. The van der Waals surface area contributed by atoms with E-state index in [1.807, 2.05) is 21.3 Å². The zero-order chi connectivity index (χ0) is 17.8. The highest BCUT2D eigenvalue weighted by molar-refractivity contribution is 5.12. The third-order valence-corrected chi connectivity index (χ3v) is 9.42. The minimum atomic E-state index is 0.276. The summed E-state index contributed by atoms with van der Waals surface area (Å²) in [6.07, 6.45) is 11.7. The summed E-state index contributed by atoms with van der Waals surface area (Å²) >= 11 is 0. The third kappa shape index (κ3) is 2.56. The van der Waals surface area contributed by atoms with E-state index in [4.69, 9.17) is 14.2 Å². The predicted molar refractivity (Wildman–Crippen MR) is 99.5 cm³/mol. The van der Waals surface area contributed by atoms with Crippen LogP contribution in [0.15, 0.2) is 0 Å². The first kappa shape index (κ1) is 18.3. The number of hydrogen-bond acceptors (Lipinski definition) is 3. The van der Waals surface area contributed by atoms with Gasteiger partial charge in [-0.3, -0.25) is 0 Å². The van der Waals surface area contributed by atoms with Crippen molar-refractivity contribution in [3.63, 3.8) is 0 Å². The van der Waals surface area contributed by atoms with Crippen molar-refractivity contribution in [2.45, 2.75) is 83.5 Å². The topological polar surface area (TPSA) is 27.7 Å². The summed E-state index contributed by atoms with van der Waals surface area (Å²) in [6.45, 7) is 5.12. The molecule has 3 heteroatoms. The van der Waals surface area contributed by atoms with Crippen molar-refractivity contribution in [2.75, 3.05) is 21.3 Å². The fraction of sp³-hybridized carbons (Fsp3) is 1.00. The Morgan fingerprint density at radius 1 is 0.720 bits per heavy atom. The Morgan fingerprint density at radius 3 is 2.16 bits per heavy atom. The Morgan fingerprint density at radius 2 is 1.48 bits per heavy atom. The first-order valence-electron chi connectivity index (χ1n) is 10.6. The van der Waals surface area contributed by atoms with Gasteiger partial charge in [0.15, 0.2) is 0 Å². The molecule has 4 aliphatic rings. The SMILES string of the molecule is COC1CC[C@@]2(C)[C@@H](CC[C@@H]3[C@@H]2CC[C@]2(C)C(OC)C(OC)C[C@@H]32)C1. The molecule has 0 aromatic carbocycles. The molecule has 9 atom stereocenters. The Balaban J connectivity index is 1.59. The van der Waals surface area contributed by atoms with Gasteiger partial charge in [0.25, 0.3) is 0 Å². The molecule has 0 radical (unpaired) electrons. The lowest BCUT2D eigenvalue weighted by Crippen LogP contribution is -2.54. The summed E-state index contributed by atoms with van der Waals surface area (Å²) in [6, 6.07) is 0. The van der Waals surface area contributed by atoms with Crippen molar-refractivity contribution in [1.82, 2.24) is 0 Å². The van der Waals surface area contributed by atoms with Gasteiger partial charge in [0.1, 0.15) is 0 Å². The molecule has 0 aliphatic heterocycles. The number of hydrogen-bond donors (Lipinski definition) is 0. The number of methoxy groups -OCH3 is 3. The van der Waals surface area contributed by atoms with Gasteiger partial charge in [0.2, 0.25) is 0 Å². The molecular weight excluding hydrogens is 312 g/mol. The van der Waals surface area contributed by atoms with Crippen LogP contribution in [0.1, 0.15) is 65.2 Å². The van der Waals surface area contributed by atoms with Crippen LogP contribution < -0.4 is 0 Å². The molecule has 0 bridgehead atoms. The van der Waals surface area contributed by atoms with E-state index in [2.05, 4.69) is 13.8 Å². The maximum atomic E-state index is 5.99. The quantitative estimate of drug-likeness (QED) is 0.739. The van der Waals surface area contributed by atoms with Crippen LogP contribution in [0.5, 0.6) is 0 Å². The van der Waals surface area contributed by atoms with Gasteiger partial charge in [-0.25, -0.2) is 0 Å². The maximum absolute atomic E-state index is 5.99. The number of fused-ring (bicyclic) bond motifs is 5. The lowest BCUT2D eigenvalue weighted by Gasteiger charge is -2.60. The van der Waals surface area contributed by atoms with Crippen LogP contribution >= 0.6 is 0 Å². The van der Waals surface area contributed by atoms with Crippen LogP contribution in [-0.4, -0.2) is 39.6 Å². The van der Waals surface area contributed by atoms with Crippen LogP contribution in [0.25, 0.3) is 0 Å². The molecule has 25 heavy (non-hydrogen) atoms. The second-order valence-electron chi connectivity index (χ2n) is 10.00. The van der Waals surface area contributed by atoms with Crippen molar-refractivity contribution < 1.29 is 14.2 Å². The molecule has 144 valence electrons. The van der Waals surface area contributed by atoms with Gasteiger partial charge in [-0.05, 0) is 85.9 Å². The number of rotatable bonds is 3. The second kappa shape index (κ2) is 6.49. The van der Waals surface area contributed by atoms with E-state index in [-0.39, 0.29) is 12.2 Å². The first-order chi connectivity index (χ1) is 12.0. The average molecular weight is 351 g/mol. The molecule has 4 fully saturated rings. The highest BCUT2D eigenvalue weighted by atomic mass is 16.5. The van der Waals surface area contributed by atoms with E-state index in [1.165, 1.54) is 51.4 Å². The van der Waals surface area contributed by atoms with E-state index in [0.717, 1.165) is 23.7 Å². The smallest absolute Gasteiger partial charge is 0.0888 e. The van der Waals surface area contributed by atoms with E-state index in [1.54, 1.807) is 0 Å². The summed E-state index contributed by atoms with van der Waals surface area (Å²) in [4.78, 5) is 0. The molecule has 0 aromatic rings. The molecule has 0 amide bonds. The van der Waals surface area contributed by atoms with Gasteiger partial charge >= 0.3 is 0 Å². The van der Waals surface area contributed by atoms with Gasteiger partial charge < -0.3 is 14.2 Å². The normalized spacial score (nSPS) is 55.3. The molecule has 0 heterocycles. The molecule has 3 nitrogen and oxygen atoms in total. The standard InChI is InChI=1S/C22H38O3/c1-21-10-8-15(23-3)12-14(21)6-7-16-17(21)9-11-22(2)18(16)13-19(24-4)20(22)25-5/h14-20H,6-13H2,1-5H3/t14-,15?,16+,17-,18-,19?,20?,21-,22-/m0/s1. The van der Waals surface area contributed by atoms with Gasteiger partial charge in [0.05, 0.1) is 18.3 Å². The third-order valence-electron chi connectivity index (χ3n) is 9.42. The lowest BCUT2D eigenvalue weighted by molar-refractivity contribution is -0.144. The van der Waals surface area contributed by atoms with Crippen molar-refractivity contribution in [3.05, 3.63) is 0 Å². The molecule has 0 aromatic heterocycles. The van der Waals surface area contributed by atoms with Gasteiger partial charge in [-0.2, -0.15) is 0 Å². The number of ether oxygens (including phenoxy) is 3. The summed E-state index contributed by atoms with van der Waals surface area (Å²) in [5.74, 6) is 3.42. The molecule has 4 aliphatic carbocycles. The fourth-order valence-corrected chi connectivity index (χ4v) is 8.02. The molecule has 4 saturated carbocycles. The largest absolute Gasteiger partial charge is 0.381 e. The van der Waals surface area contributed by atoms with Crippen molar-refractivity contribution in [1.29, 1.82) is 0 Å². The summed E-state index contributed by atoms with van der Waals surface area (Å²) in [5.41, 5.74) is 0.844. The van der Waals surface area contributed by atoms with E-state index in [9.17, 15) is 0 Å². The molecule has 0 spiro atoms. The van der Waals surface area contributed by atoms with Crippen LogP contribution in [0, 0.1) is 34.5 Å². The fourth-order valence-electron chi connectivity index (χ4n) is 8.02. The zero-order valence-electron chi connectivity index (χ0n) is 16.9. The minimum Gasteiger partial charge on any atom is -0.381 e. The van der Waals surface area contributed by atoms with E-state index < -0.39 is 0 Å². The van der Waals surface area contributed by atoms with Crippen LogP contribution in [0.3, 0.4) is 0 Å². The Bertz CT molecular complexity index is 494. The first-order valence-corrected chi connectivity index (χ1v) is 10.6. The van der Waals surface area contributed by atoms with Gasteiger partial charge in [0, 0.05) is 21.3 Å². The summed E-state index contributed by atoms with van der Waals surface area (Å²) in [5, 5.41) is 0. The monoisotopic (exact) mass is 350 g/mol. The van der Waals surface area contributed by atoms with E-state index >= 15 is 0 Å². The molecule has 4 rings (SSSR count). The van der Waals surface area contributed by atoms with E-state index in [0.29, 0.717) is 16.9 Å². The highest BCUT2D eigenvalue weighted by Gasteiger charge is 2.62. The average Bonchev–Trinajstić information content (AvgIpc) is 2.92. The summed E-state index contributed by atoms with van der Waals surface area (Å²) < 4.78 is 17.6. The Labute approximate surface area is 154 Å².